The molecule has 9 heteroatoms. The van der Waals surface area contributed by atoms with Crippen molar-refractivity contribution in [2.45, 2.75) is 0 Å². The minimum absolute atomic E-state index is 0.762. The number of halogens is 4. The summed E-state index contributed by atoms with van der Waals surface area (Å²) in [5.74, 6) is 1.70. The van der Waals surface area contributed by atoms with Crippen LogP contribution < -0.4 is 14.7 Å². The molecule has 3 aromatic rings. The van der Waals surface area contributed by atoms with Crippen LogP contribution in [-0.4, -0.2) is 40.7 Å². The van der Waals surface area contributed by atoms with Gasteiger partial charge in [-0.05, 0) is 36.4 Å². The van der Waals surface area contributed by atoms with Crippen molar-refractivity contribution in [1.82, 2.24) is 4.58 Å². The van der Waals surface area contributed by atoms with Crippen LogP contribution in [0.1, 0.15) is 0 Å². The first kappa shape index (κ1) is 20.9. The third-order valence-electron chi connectivity index (χ3n) is 4.38. The molecule has 0 amide bonds. The third-order valence-corrected chi connectivity index (χ3v) is 4.38. The van der Waals surface area contributed by atoms with E-state index in [-0.39, 0.29) is 0 Å². The molecular formula is C20H20BF4NO3. The fourth-order valence-electron chi connectivity index (χ4n) is 3.08. The molecule has 1 aliphatic heterocycles. The van der Waals surface area contributed by atoms with Crippen LogP contribution in [0.2, 0.25) is 0 Å². The number of rotatable bonds is 2. The van der Waals surface area contributed by atoms with Gasteiger partial charge in [-0.2, -0.15) is 0 Å². The molecule has 1 aromatic heterocycles. The Morgan fingerprint density at radius 2 is 1.55 bits per heavy atom. The van der Waals surface area contributed by atoms with E-state index in [2.05, 4.69) is 22.8 Å². The molecule has 0 radical (unpaired) electrons. The third kappa shape index (κ3) is 5.84. The predicted octanol–water partition coefficient (Wildman–Crippen LogP) is 4.21. The lowest BCUT2D eigenvalue weighted by atomic mass is 10.1. The van der Waals surface area contributed by atoms with E-state index in [0.717, 1.165) is 54.3 Å². The van der Waals surface area contributed by atoms with Crippen molar-refractivity contribution in [2.75, 3.05) is 33.4 Å². The van der Waals surface area contributed by atoms with E-state index in [1.54, 1.807) is 7.11 Å². The molecule has 4 nitrogen and oxygen atoms in total. The first-order valence-electron chi connectivity index (χ1n) is 9.05. The summed E-state index contributed by atoms with van der Waals surface area (Å²) in [6.45, 7) is 3.32. The minimum atomic E-state index is -6.00. The fraction of sp³-hybridized carbons (Fsp3) is 0.250. The topological polar surface area (TPSA) is 34.6 Å². The van der Waals surface area contributed by atoms with E-state index >= 15 is 0 Å². The highest BCUT2D eigenvalue weighted by molar-refractivity contribution is 6.50. The van der Waals surface area contributed by atoms with Crippen LogP contribution in [0.3, 0.4) is 0 Å². The van der Waals surface area contributed by atoms with Crippen LogP contribution in [0.25, 0.3) is 22.3 Å². The summed E-state index contributed by atoms with van der Waals surface area (Å²) in [6, 6.07) is 18.3. The number of ether oxygens (including phenoxy) is 2. The Kier molecular flexibility index (Phi) is 6.58. The largest absolute Gasteiger partial charge is 0.673 e. The van der Waals surface area contributed by atoms with Crippen molar-refractivity contribution < 1.29 is 31.2 Å². The van der Waals surface area contributed by atoms with Gasteiger partial charge in [0, 0.05) is 5.56 Å². The lowest BCUT2D eigenvalue weighted by Crippen LogP contribution is -2.40. The number of morpholine rings is 1. The molecule has 0 N–H and O–H groups in total. The quantitative estimate of drug-likeness (QED) is 0.361. The highest BCUT2D eigenvalue weighted by Gasteiger charge is 2.20. The molecule has 0 atom stereocenters. The van der Waals surface area contributed by atoms with Gasteiger partial charge in [0.05, 0.1) is 18.6 Å². The second-order valence-corrected chi connectivity index (χ2v) is 6.31. The summed E-state index contributed by atoms with van der Waals surface area (Å²) in [4.78, 5) is 0. The van der Waals surface area contributed by atoms with Gasteiger partial charge in [0.2, 0.25) is 5.36 Å². The first-order chi connectivity index (χ1) is 13.8. The number of methoxy groups -OCH3 is 1. The van der Waals surface area contributed by atoms with Gasteiger partial charge < -0.3 is 31.2 Å². The van der Waals surface area contributed by atoms with Gasteiger partial charge in [0.1, 0.15) is 30.3 Å². The number of fused-ring (bicyclic) bond motifs is 1. The molecular weight excluding hydrogens is 389 g/mol. The summed E-state index contributed by atoms with van der Waals surface area (Å²) in [5, 5.41) is 2.34. The molecule has 2 aromatic carbocycles. The highest BCUT2D eigenvalue weighted by Crippen LogP contribution is 2.24. The average Bonchev–Trinajstić information content (AvgIpc) is 2.72. The predicted molar refractivity (Wildman–Crippen MR) is 104 cm³/mol. The Morgan fingerprint density at radius 3 is 2.17 bits per heavy atom. The zero-order valence-electron chi connectivity index (χ0n) is 15.8. The van der Waals surface area contributed by atoms with Crippen LogP contribution in [0.5, 0.6) is 5.75 Å². The number of para-hydroxylation sites is 1. The summed E-state index contributed by atoms with van der Waals surface area (Å²) >= 11 is 0. The summed E-state index contributed by atoms with van der Waals surface area (Å²) in [5.41, 5.74) is 1.93. The van der Waals surface area contributed by atoms with Crippen LogP contribution >= 0.6 is 0 Å². The number of hydrogen-bond donors (Lipinski definition) is 0. The summed E-state index contributed by atoms with van der Waals surface area (Å²) in [7, 11) is -4.33. The molecule has 1 fully saturated rings. The molecule has 0 saturated carbocycles. The molecule has 1 aliphatic rings. The highest BCUT2D eigenvalue weighted by atomic mass is 19.5. The molecule has 0 bridgehead atoms. The number of hydrogen-bond acceptors (Lipinski definition) is 3. The Hall–Kier alpha value is -2.81. The standard InChI is InChI=1S/C20H20NO3.BF4/c1-22-16-8-6-15(7-9-16)20-14-18(21-10-12-23-13-11-21)17-4-2-3-5-19(17)24-20;2-1(3,4)5/h2-9,14H,10-13H2,1H3;/q+1;-1. The smallest absolute Gasteiger partial charge is 0.497 e. The molecule has 0 aliphatic carbocycles. The van der Waals surface area contributed by atoms with Gasteiger partial charge in [-0.1, -0.05) is 12.1 Å². The van der Waals surface area contributed by atoms with E-state index < -0.39 is 7.25 Å². The zero-order chi connectivity index (χ0) is 20.9. The second-order valence-electron chi connectivity index (χ2n) is 6.31. The SMILES string of the molecule is COc1ccc(-c2cc(=[N+]3CCOCC3)c3ccccc3o2)cc1.F[B-](F)(F)F. The number of nitrogens with zero attached hydrogens (tertiary/aromatic N) is 1. The Labute approximate surface area is 165 Å². The molecule has 2 heterocycles. The molecule has 0 spiro atoms. The second kappa shape index (κ2) is 9.13. The maximum atomic E-state index is 9.75. The summed E-state index contributed by atoms with van der Waals surface area (Å²) < 4.78 is 58.3. The van der Waals surface area contributed by atoms with E-state index in [4.69, 9.17) is 13.9 Å². The molecule has 4 rings (SSSR count). The fourth-order valence-corrected chi connectivity index (χ4v) is 3.08. The minimum Gasteiger partial charge on any atom is -0.497 e. The molecule has 0 unspecified atom stereocenters. The van der Waals surface area contributed by atoms with Crippen LogP contribution in [0, 0.1) is 0 Å². The average molecular weight is 409 g/mol. The Bertz CT molecular complexity index is 1020. The van der Waals surface area contributed by atoms with Crippen LogP contribution in [-0.2, 0) is 4.74 Å². The lowest BCUT2D eigenvalue weighted by Gasteiger charge is -2.12. The van der Waals surface area contributed by atoms with Crippen molar-refractivity contribution in [3.8, 4) is 17.1 Å². The lowest BCUT2D eigenvalue weighted by molar-refractivity contribution is 0.0967. The first-order valence-corrected chi connectivity index (χ1v) is 9.05. The van der Waals surface area contributed by atoms with Gasteiger partial charge in [-0.25, -0.2) is 4.58 Å². The van der Waals surface area contributed by atoms with Gasteiger partial charge in [0.15, 0.2) is 13.1 Å². The van der Waals surface area contributed by atoms with Crippen molar-refractivity contribution >= 4 is 18.2 Å². The van der Waals surface area contributed by atoms with Gasteiger partial charge >= 0.3 is 7.25 Å². The van der Waals surface area contributed by atoms with E-state index in [1.807, 2.05) is 36.4 Å². The number of benzene rings is 2. The van der Waals surface area contributed by atoms with Gasteiger partial charge in [-0.3, -0.25) is 0 Å². The van der Waals surface area contributed by atoms with Crippen molar-refractivity contribution in [3.63, 3.8) is 0 Å². The van der Waals surface area contributed by atoms with E-state index in [0.29, 0.717) is 0 Å². The monoisotopic (exact) mass is 409 g/mol. The van der Waals surface area contributed by atoms with Gasteiger partial charge in [-0.15, -0.1) is 0 Å². The van der Waals surface area contributed by atoms with E-state index in [1.165, 1.54) is 5.36 Å². The maximum absolute atomic E-state index is 9.75. The zero-order valence-corrected chi connectivity index (χ0v) is 15.8. The molecule has 1 saturated heterocycles. The van der Waals surface area contributed by atoms with Crippen molar-refractivity contribution in [2.24, 2.45) is 0 Å². The van der Waals surface area contributed by atoms with E-state index in [9.17, 15) is 17.3 Å². The maximum Gasteiger partial charge on any atom is 0.673 e. The Balaban J connectivity index is 0.000000431. The van der Waals surface area contributed by atoms with Crippen LogP contribution in [0.15, 0.2) is 59.0 Å². The van der Waals surface area contributed by atoms with Crippen LogP contribution in [0.4, 0.5) is 17.3 Å². The van der Waals surface area contributed by atoms with Crippen molar-refractivity contribution in [1.29, 1.82) is 0 Å². The van der Waals surface area contributed by atoms with Crippen molar-refractivity contribution in [3.05, 3.63) is 60.0 Å². The normalized spacial score (nSPS) is 14.3. The molecule has 154 valence electrons. The summed E-state index contributed by atoms with van der Waals surface area (Å²) in [6.07, 6.45) is 0. The van der Waals surface area contributed by atoms with Gasteiger partial charge in [0.25, 0.3) is 0 Å². The Morgan fingerprint density at radius 1 is 0.931 bits per heavy atom. The molecule has 29 heavy (non-hydrogen) atoms.